The van der Waals surface area contributed by atoms with E-state index >= 15 is 0 Å². The van der Waals surface area contributed by atoms with E-state index in [-0.39, 0.29) is 5.91 Å². The second-order valence-electron chi connectivity index (χ2n) is 5.22. The van der Waals surface area contributed by atoms with Gasteiger partial charge in [-0.3, -0.25) is 4.79 Å². The largest absolute Gasteiger partial charge is 0.378 e. The zero-order valence-electron chi connectivity index (χ0n) is 10.7. The maximum atomic E-state index is 11.4. The quantitative estimate of drug-likeness (QED) is 0.733. The summed E-state index contributed by atoms with van der Waals surface area (Å²) in [6, 6.07) is 1.13. The Bertz CT molecular complexity index is 246. The first-order chi connectivity index (χ1) is 8.28. The third-order valence-electron chi connectivity index (χ3n) is 3.71. The molecule has 2 rings (SSSR count). The number of carbonyl (C=O) groups is 1. The summed E-state index contributed by atoms with van der Waals surface area (Å²) < 4.78 is 5.76. The van der Waals surface area contributed by atoms with Crippen molar-refractivity contribution in [3.8, 4) is 0 Å². The van der Waals surface area contributed by atoms with Crippen LogP contribution in [0.4, 0.5) is 0 Å². The molecule has 0 spiro atoms. The third-order valence-corrected chi connectivity index (χ3v) is 3.71. The van der Waals surface area contributed by atoms with E-state index in [1.54, 1.807) is 0 Å². The first kappa shape index (κ1) is 12.8. The highest BCUT2D eigenvalue weighted by molar-refractivity contribution is 5.76. The van der Waals surface area contributed by atoms with E-state index in [1.165, 1.54) is 12.8 Å². The summed E-state index contributed by atoms with van der Waals surface area (Å²) in [5, 5.41) is 6.29. The summed E-state index contributed by atoms with van der Waals surface area (Å²) in [7, 11) is 2.02. The van der Waals surface area contributed by atoms with Crippen molar-refractivity contribution in [2.45, 2.75) is 63.1 Å². The van der Waals surface area contributed by atoms with Gasteiger partial charge in [0.15, 0.2) is 0 Å². The average molecular weight is 240 g/mol. The Morgan fingerprint density at radius 2 is 1.76 bits per heavy atom. The van der Waals surface area contributed by atoms with Crippen molar-refractivity contribution in [3.63, 3.8) is 0 Å². The minimum absolute atomic E-state index is 0.149. The van der Waals surface area contributed by atoms with Gasteiger partial charge in [-0.15, -0.1) is 0 Å². The fourth-order valence-corrected chi connectivity index (χ4v) is 2.36. The Morgan fingerprint density at radius 1 is 1.12 bits per heavy atom. The van der Waals surface area contributed by atoms with E-state index in [1.807, 2.05) is 7.05 Å². The minimum Gasteiger partial charge on any atom is -0.378 e. The molecule has 0 aromatic carbocycles. The van der Waals surface area contributed by atoms with Gasteiger partial charge in [-0.05, 0) is 45.6 Å². The zero-order chi connectivity index (χ0) is 12.1. The molecular weight excluding hydrogens is 216 g/mol. The second-order valence-corrected chi connectivity index (χ2v) is 5.22. The Kier molecular flexibility index (Phi) is 4.80. The van der Waals surface area contributed by atoms with Gasteiger partial charge in [0.05, 0.1) is 12.7 Å². The molecule has 0 saturated heterocycles. The average Bonchev–Trinajstić information content (AvgIpc) is 3.14. The van der Waals surface area contributed by atoms with Crippen molar-refractivity contribution >= 4 is 5.91 Å². The van der Waals surface area contributed by atoms with Gasteiger partial charge in [-0.25, -0.2) is 0 Å². The summed E-state index contributed by atoms with van der Waals surface area (Å²) in [6.45, 7) is 0.577. The molecule has 4 nitrogen and oxygen atoms in total. The molecule has 2 fully saturated rings. The van der Waals surface area contributed by atoms with E-state index in [0.29, 0.717) is 31.2 Å². The molecule has 0 atom stereocenters. The van der Waals surface area contributed by atoms with Gasteiger partial charge in [0.2, 0.25) is 5.91 Å². The number of carbonyl (C=O) groups excluding carboxylic acids is 1. The van der Waals surface area contributed by atoms with E-state index < -0.39 is 0 Å². The molecular formula is C13H24N2O2. The van der Waals surface area contributed by atoms with E-state index in [4.69, 9.17) is 4.74 Å². The topological polar surface area (TPSA) is 50.4 Å². The van der Waals surface area contributed by atoms with Crippen molar-refractivity contribution < 1.29 is 9.53 Å². The molecule has 17 heavy (non-hydrogen) atoms. The highest BCUT2D eigenvalue weighted by Gasteiger charge is 2.23. The van der Waals surface area contributed by atoms with E-state index in [2.05, 4.69) is 10.6 Å². The molecule has 2 aliphatic carbocycles. The van der Waals surface area contributed by atoms with Crippen LogP contribution in [-0.4, -0.2) is 37.7 Å². The molecule has 98 valence electrons. The SMILES string of the molecule is CNC1CCC(OCCC(=O)NC2CC2)CC1. The zero-order valence-corrected chi connectivity index (χ0v) is 10.7. The number of amides is 1. The first-order valence-electron chi connectivity index (χ1n) is 6.86. The van der Waals surface area contributed by atoms with Gasteiger partial charge in [-0.1, -0.05) is 0 Å². The molecule has 2 aliphatic rings. The summed E-state index contributed by atoms with van der Waals surface area (Å²) in [5.41, 5.74) is 0. The van der Waals surface area contributed by atoms with Crippen molar-refractivity contribution in [1.29, 1.82) is 0 Å². The van der Waals surface area contributed by atoms with Gasteiger partial charge in [0.25, 0.3) is 0 Å². The normalized spacial score (nSPS) is 29.0. The van der Waals surface area contributed by atoms with Crippen LogP contribution in [0.3, 0.4) is 0 Å². The molecule has 0 heterocycles. The number of hydrogen-bond donors (Lipinski definition) is 2. The van der Waals surface area contributed by atoms with Crippen LogP contribution in [0, 0.1) is 0 Å². The lowest BCUT2D eigenvalue weighted by Crippen LogP contribution is -2.33. The predicted molar refractivity (Wildman–Crippen MR) is 66.8 cm³/mol. The predicted octanol–water partition coefficient (Wildman–Crippen LogP) is 1.20. The molecule has 0 unspecified atom stereocenters. The van der Waals surface area contributed by atoms with Crippen LogP contribution in [0.5, 0.6) is 0 Å². The van der Waals surface area contributed by atoms with Crippen molar-refractivity contribution in [2.75, 3.05) is 13.7 Å². The van der Waals surface area contributed by atoms with Crippen LogP contribution in [0.1, 0.15) is 44.9 Å². The lowest BCUT2D eigenvalue weighted by Gasteiger charge is -2.28. The van der Waals surface area contributed by atoms with Gasteiger partial charge in [-0.2, -0.15) is 0 Å². The van der Waals surface area contributed by atoms with Crippen molar-refractivity contribution in [3.05, 3.63) is 0 Å². The highest BCUT2D eigenvalue weighted by Crippen LogP contribution is 2.21. The van der Waals surface area contributed by atoms with Gasteiger partial charge in [0, 0.05) is 18.5 Å². The van der Waals surface area contributed by atoms with Gasteiger partial charge >= 0.3 is 0 Å². The first-order valence-corrected chi connectivity index (χ1v) is 6.86. The molecule has 2 N–H and O–H groups in total. The Morgan fingerprint density at radius 3 is 2.35 bits per heavy atom. The number of ether oxygens (including phenoxy) is 1. The Hall–Kier alpha value is -0.610. The minimum atomic E-state index is 0.149. The summed E-state index contributed by atoms with van der Waals surface area (Å²) in [5.74, 6) is 0.149. The summed E-state index contributed by atoms with van der Waals surface area (Å²) in [4.78, 5) is 11.4. The molecule has 0 radical (unpaired) electrons. The Labute approximate surface area is 103 Å². The fraction of sp³-hybridized carbons (Fsp3) is 0.923. The number of rotatable bonds is 6. The van der Waals surface area contributed by atoms with Crippen LogP contribution in [0.2, 0.25) is 0 Å². The monoisotopic (exact) mass is 240 g/mol. The lowest BCUT2D eigenvalue weighted by molar-refractivity contribution is -0.123. The smallest absolute Gasteiger partial charge is 0.222 e. The molecule has 0 bridgehead atoms. The third kappa shape index (κ3) is 4.64. The summed E-state index contributed by atoms with van der Waals surface area (Å²) >= 11 is 0. The number of nitrogens with one attached hydrogen (secondary N) is 2. The van der Waals surface area contributed by atoms with Crippen LogP contribution < -0.4 is 10.6 Å². The Balaban J connectivity index is 1.51. The fourth-order valence-electron chi connectivity index (χ4n) is 2.36. The maximum Gasteiger partial charge on any atom is 0.222 e. The molecule has 2 saturated carbocycles. The van der Waals surface area contributed by atoms with Crippen LogP contribution >= 0.6 is 0 Å². The molecule has 1 amide bonds. The highest BCUT2D eigenvalue weighted by atomic mass is 16.5. The lowest BCUT2D eigenvalue weighted by atomic mass is 9.93. The van der Waals surface area contributed by atoms with Crippen LogP contribution in [0.15, 0.2) is 0 Å². The number of hydrogen-bond acceptors (Lipinski definition) is 3. The van der Waals surface area contributed by atoms with Crippen LogP contribution in [0.25, 0.3) is 0 Å². The van der Waals surface area contributed by atoms with E-state index in [0.717, 1.165) is 25.7 Å². The van der Waals surface area contributed by atoms with Gasteiger partial charge < -0.3 is 15.4 Å². The molecule has 0 aromatic rings. The summed E-state index contributed by atoms with van der Waals surface area (Å²) in [6.07, 6.45) is 7.81. The molecule has 0 aromatic heterocycles. The molecule has 0 aliphatic heterocycles. The van der Waals surface area contributed by atoms with E-state index in [9.17, 15) is 4.79 Å². The maximum absolute atomic E-state index is 11.4. The van der Waals surface area contributed by atoms with Crippen molar-refractivity contribution in [2.24, 2.45) is 0 Å². The van der Waals surface area contributed by atoms with Gasteiger partial charge in [0.1, 0.15) is 0 Å². The van der Waals surface area contributed by atoms with Crippen LogP contribution in [-0.2, 0) is 9.53 Å². The second kappa shape index (κ2) is 6.36. The molecule has 4 heteroatoms. The standard InChI is InChI=1S/C13H24N2O2/c1-14-10-4-6-12(7-5-10)17-9-8-13(16)15-11-2-3-11/h10-12,14H,2-9H2,1H3,(H,15,16). The van der Waals surface area contributed by atoms with Crippen molar-refractivity contribution in [1.82, 2.24) is 10.6 Å².